The lowest BCUT2D eigenvalue weighted by Gasteiger charge is -2.33. The minimum Gasteiger partial charge on any atom is -0.0695 e. The van der Waals surface area contributed by atoms with Crippen molar-refractivity contribution in [3.05, 3.63) is 71.3 Å². The molecule has 0 saturated heterocycles. The quantitative estimate of drug-likeness (QED) is 0.502. The summed E-state index contributed by atoms with van der Waals surface area (Å²) in [5, 5.41) is 0. The summed E-state index contributed by atoms with van der Waals surface area (Å²) in [4.78, 5) is 0. The van der Waals surface area contributed by atoms with Crippen LogP contribution in [0.4, 0.5) is 0 Å². The second-order valence-corrected chi connectivity index (χ2v) is 14.1. The van der Waals surface area contributed by atoms with Gasteiger partial charge in [-0.25, -0.2) is 0 Å². The summed E-state index contributed by atoms with van der Waals surface area (Å²) in [6.45, 7) is 12.1. The fourth-order valence-corrected chi connectivity index (χ4v) is 4.39. The Labute approximate surface area is 144 Å². The molecular formula is C22H32Si. The molecule has 0 aromatic heterocycles. The molecule has 0 aliphatic carbocycles. The van der Waals surface area contributed by atoms with Crippen LogP contribution in [0.5, 0.6) is 0 Å². The van der Waals surface area contributed by atoms with E-state index in [4.69, 9.17) is 0 Å². The molecule has 0 fully saturated rings. The lowest BCUT2D eigenvalue weighted by atomic mass is 9.75. The summed E-state index contributed by atoms with van der Waals surface area (Å²) in [6.07, 6.45) is 3.69. The molecule has 1 atom stereocenters. The Kier molecular flexibility index (Phi) is 5.86. The SMILES string of the molecule is Cc1ccc(C(C)(CCc2ccccc2)CC[Si](C)(C)C)cc1. The van der Waals surface area contributed by atoms with E-state index in [0.717, 1.165) is 6.42 Å². The van der Waals surface area contributed by atoms with Gasteiger partial charge in [0.05, 0.1) is 0 Å². The first-order valence-corrected chi connectivity index (χ1v) is 12.6. The maximum absolute atomic E-state index is 2.49. The van der Waals surface area contributed by atoms with Crippen molar-refractivity contribution in [3.63, 3.8) is 0 Å². The molecule has 0 nitrogen and oxygen atoms in total. The van der Waals surface area contributed by atoms with E-state index < -0.39 is 8.07 Å². The van der Waals surface area contributed by atoms with Gasteiger partial charge in [0.15, 0.2) is 0 Å². The molecule has 124 valence electrons. The van der Waals surface area contributed by atoms with Gasteiger partial charge in [-0.15, -0.1) is 0 Å². The minimum atomic E-state index is -1.02. The third kappa shape index (κ3) is 5.66. The molecule has 0 heterocycles. The van der Waals surface area contributed by atoms with E-state index in [2.05, 4.69) is 88.1 Å². The smallest absolute Gasteiger partial charge is 0.0443 e. The molecule has 0 N–H and O–H groups in total. The van der Waals surface area contributed by atoms with Gasteiger partial charge in [0.1, 0.15) is 0 Å². The first kappa shape index (κ1) is 18.0. The molecule has 0 aliphatic rings. The molecule has 0 aliphatic heterocycles. The second kappa shape index (κ2) is 7.48. The Bertz CT molecular complexity index is 592. The topological polar surface area (TPSA) is 0 Å². The van der Waals surface area contributed by atoms with Crippen LogP contribution in [-0.2, 0) is 11.8 Å². The Morgan fingerprint density at radius 1 is 0.826 bits per heavy atom. The summed E-state index contributed by atoms with van der Waals surface area (Å²) in [5.74, 6) is 0. The Hall–Kier alpha value is -1.34. The predicted octanol–water partition coefficient (Wildman–Crippen LogP) is 6.61. The van der Waals surface area contributed by atoms with Gasteiger partial charge < -0.3 is 0 Å². The molecule has 2 aromatic carbocycles. The van der Waals surface area contributed by atoms with E-state index in [-0.39, 0.29) is 5.41 Å². The van der Waals surface area contributed by atoms with Crippen LogP contribution in [-0.4, -0.2) is 8.07 Å². The van der Waals surface area contributed by atoms with Gasteiger partial charge in [-0.3, -0.25) is 0 Å². The summed E-state index contributed by atoms with van der Waals surface area (Å²) in [6, 6.07) is 21.6. The van der Waals surface area contributed by atoms with Crippen LogP contribution in [0, 0.1) is 6.92 Å². The summed E-state index contributed by atoms with van der Waals surface area (Å²) < 4.78 is 0. The second-order valence-electron chi connectivity index (χ2n) is 8.47. The number of hydrogen-bond acceptors (Lipinski definition) is 0. The normalized spacial score (nSPS) is 14.5. The molecular weight excluding hydrogens is 292 g/mol. The van der Waals surface area contributed by atoms with Gasteiger partial charge in [-0.05, 0) is 42.7 Å². The van der Waals surface area contributed by atoms with Crippen molar-refractivity contribution >= 4 is 8.07 Å². The molecule has 1 heteroatoms. The largest absolute Gasteiger partial charge is 0.0695 e. The molecule has 2 rings (SSSR count). The standard InChI is InChI=1S/C22H32Si/c1-19-11-13-21(14-12-19)22(2,17-18-23(3,4)5)16-15-20-9-7-6-8-10-20/h6-14H,15-18H2,1-5H3. The minimum absolute atomic E-state index is 0.282. The van der Waals surface area contributed by atoms with E-state index in [1.807, 2.05) is 0 Å². The van der Waals surface area contributed by atoms with Gasteiger partial charge in [0.2, 0.25) is 0 Å². The summed E-state index contributed by atoms with van der Waals surface area (Å²) >= 11 is 0. The molecule has 23 heavy (non-hydrogen) atoms. The number of hydrogen-bond donors (Lipinski definition) is 0. The monoisotopic (exact) mass is 324 g/mol. The van der Waals surface area contributed by atoms with Crippen molar-refractivity contribution in [2.45, 2.75) is 64.2 Å². The van der Waals surface area contributed by atoms with Crippen molar-refractivity contribution in [3.8, 4) is 0 Å². The zero-order chi connectivity index (χ0) is 16.9. The molecule has 2 aromatic rings. The summed E-state index contributed by atoms with van der Waals surface area (Å²) in [7, 11) is -1.02. The summed E-state index contributed by atoms with van der Waals surface area (Å²) in [5.41, 5.74) is 4.60. The van der Waals surface area contributed by atoms with Gasteiger partial charge in [0.25, 0.3) is 0 Å². The lowest BCUT2D eigenvalue weighted by molar-refractivity contribution is 0.417. The van der Waals surface area contributed by atoms with Crippen LogP contribution in [0.2, 0.25) is 25.7 Å². The number of benzene rings is 2. The third-order valence-corrected chi connectivity index (χ3v) is 6.73. The van der Waals surface area contributed by atoms with E-state index in [0.29, 0.717) is 0 Å². The van der Waals surface area contributed by atoms with Crippen LogP contribution < -0.4 is 0 Å². The molecule has 0 bridgehead atoms. The Balaban J connectivity index is 2.17. The van der Waals surface area contributed by atoms with Gasteiger partial charge in [-0.1, -0.05) is 92.8 Å². The van der Waals surface area contributed by atoms with Crippen LogP contribution in [0.15, 0.2) is 54.6 Å². The van der Waals surface area contributed by atoms with Gasteiger partial charge >= 0.3 is 0 Å². The van der Waals surface area contributed by atoms with Crippen LogP contribution >= 0.6 is 0 Å². The average Bonchev–Trinajstić information content (AvgIpc) is 2.52. The highest BCUT2D eigenvalue weighted by atomic mass is 28.3. The highest BCUT2D eigenvalue weighted by molar-refractivity contribution is 6.76. The Morgan fingerprint density at radius 3 is 2.00 bits per heavy atom. The molecule has 0 amide bonds. The number of rotatable bonds is 7. The first-order valence-electron chi connectivity index (χ1n) is 8.90. The van der Waals surface area contributed by atoms with Crippen LogP contribution in [0.1, 0.15) is 36.5 Å². The first-order chi connectivity index (χ1) is 10.8. The molecule has 1 unspecified atom stereocenters. The van der Waals surface area contributed by atoms with Crippen LogP contribution in [0.3, 0.4) is 0 Å². The molecule has 0 radical (unpaired) electrons. The third-order valence-electron chi connectivity index (χ3n) is 4.98. The van der Waals surface area contributed by atoms with E-state index in [1.165, 1.54) is 35.6 Å². The zero-order valence-electron chi connectivity index (χ0n) is 15.5. The van der Waals surface area contributed by atoms with Crippen molar-refractivity contribution in [1.29, 1.82) is 0 Å². The highest BCUT2D eigenvalue weighted by Crippen LogP contribution is 2.36. The Morgan fingerprint density at radius 2 is 1.43 bits per heavy atom. The average molecular weight is 325 g/mol. The van der Waals surface area contributed by atoms with Crippen molar-refractivity contribution < 1.29 is 0 Å². The van der Waals surface area contributed by atoms with Gasteiger partial charge in [-0.2, -0.15) is 0 Å². The lowest BCUT2D eigenvalue weighted by Crippen LogP contribution is -2.28. The van der Waals surface area contributed by atoms with Crippen molar-refractivity contribution in [1.82, 2.24) is 0 Å². The van der Waals surface area contributed by atoms with E-state index >= 15 is 0 Å². The molecule has 0 saturated carbocycles. The van der Waals surface area contributed by atoms with Crippen molar-refractivity contribution in [2.75, 3.05) is 0 Å². The van der Waals surface area contributed by atoms with Gasteiger partial charge in [0, 0.05) is 8.07 Å². The predicted molar refractivity (Wildman–Crippen MR) is 106 cm³/mol. The fourth-order valence-electron chi connectivity index (χ4n) is 3.09. The van der Waals surface area contributed by atoms with Crippen LogP contribution in [0.25, 0.3) is 0 Å². The maximum Gasteiger partial charge on any atom is 0.0443 e. The number of aryl methyl sites for hydroxylation is 2. The molecule has 0 spiro atoms. The maximum atomic E-state index is 2.49. The fraction of sp³-hybridized carbons (Fsp3) is 0.455. The van der Waals surface area contributed by atoms with E-state index in [1.54, 1.807) is 0 Å². The van der Waals surface area contributed by atoms with E-state index in [9.17, 15) is 0 Å². The highest BCUT2D eigenvalue weighted by Gasteiger charge is 2.28. The zero-order valence-corrected chi connectivity index (χ0v) is 16.5. The van der Waals surface area contributed by atoms with Crippen molar-refractivity contribution in [2.24, 2.45) is 0 Å².